The molecule has 1 atom stereocenters. The number of carbonyl (C=O) groups excluding carboxylic acids is 1. The fourth-order valence-electron chi connectivity index (χ4n) is 4.64. The minimum Gasteiger partial charge on any atom is -0.396 e. The second-order valence-corrected chi connectivity index (χ2v) is 9.17. The highest BCUT2D eigenvalue weighted by atomic mass is 32.1. The highest BCUT2D eigenvalue weighted by Gasteiger charge is 2.54. The van der Waals surface area contributed by atoms with E-state index in [4.69, 9.17) is 15.1 Å². The Morgan fingerprint density at radius 1 is 1.28 bits per heavy atom. The molecule has 1 saturated heterocycles. The van der Waals surface area contributed by atoms with E-state index in [1.54, 1.807) is 19.9 Å². The minimum atomic E-state index is -4.71. The Bertz CT molecular complexity index is 879. The lowest BCUT2D eigenvalue weighted by Gasteiger charge is -2.41. The van der Waals surface area contributed by atoms with Gasteiger partial charge in [0, 0.05) is 24.9 Å². The number of rotatable bonds is 6. The van der Waals surface area contributed by atoms with E-state index in [1.807, 2.05) is 4.90 Å². The van der Waals surface area contributed by atoms with Gasteiger partial charge >= 0.3 is 6.18 Å². The summed E-state index contributed by atoms with van der Waals surface area (Å²) in [6.45, 7) is 4.11. The summed E-state index contributed by atoms with van der Waals surface area (Å²) in [7, 11) is 0. The second kappa shape index (κ2) is 9.59. The molecule has 176 valence electrons. The zero-order chi connectivity index (χ0) is 23.7. The molecule has 2 fully saturated rings. The fourth-order valence-corrected chi connectivity index (χ4v) is 5.35. The molecule has 1 amide bonds. The van der Waals surface area contributed by atoms with Crippen molar-refractivity contribution in [2.75, 3.05) is 18.1 Å². The van der Waals surface area contributed by atoms with Gasteiger partial charge in [-0.1, -0.05) is 0 Å². The van der Waals surface area contributed by atoms with Gasteiger partial charge in [0.2, 0.25) is 5.91 Å². The smallest absolute Gasteiger partial charge is 0.396 e. The van der Waals surface area contributed by atoms with Gasteiger partial charge in [-0.3, -0.25) is 14.6 Å². The SMILES string of the molecule is CC1(C)C(=O)N(c2ccc(C#N)c(C(F)(F)F)c2)C(S)N1C1CCC(OCCCO)CC1. The molecule has 0 radical (unpaired) electrons. The molecule has 0 aromatic heterocycles. The molecule has 0 bridgehead atoms. The number of anilines is 1. The van der Waals surface area contributed by atoms with Crippen LogP contribution in [0.25, 0.3) is 0 Å². The molecule has 3 rings (SSSR count). The van der Waals surface area contributed by atoms with Crippen LogP contribution in [-0.4, -0.2) is 52.3 Å². The summed E-state index contributed by atoms with van der Waals surface area (Å²) in [5, 5.41) is 17.9. The van der Waals surface area contributed by atoms with Crippen molar-refractivity contribution in [3.63, 3.8) is 0 Å². The van der Waals surface area contributed by atoms with Crippen molar-refractivity contribution in [2.24, 2.45) is 0 Å². The molecule has 1 heterocycles. The van der Waals surface area contributed by atoms with E-state index in [2.05, 4.69) is 12.6 Å². The van der Waals surface area contributed by atoms with E-state index >= 15 is 0 Å². The Labute approximate surface area is 191 Å². The first-order chi connectivity index (χ1) is 15.0. The van der Waals surface area contributed by atoms with Crippen LogP contribution in [0.3, 0.4) is 0 Å². The number of ether oxygens (including phenoxy) is 1. The van der Waals surface area contributed by atoms with Gasteiger partial charge < -0.3 is 9.84 Å². The van der Waals surface area contributed by atoms with Gasteiger partial charge in [-0.15, -0.1) is 12.6 Å². The summed E-state index contributed by atoms with van der Waals surface area (Å²) in [6, 6.07) is 4.90. The number of amides is 1. The standard InChI is InChI=1S/C22H28F3N3O3S/c1-21(2)19(30)27(16-5-4-14(13-26)18(12-16)22(23,24)25)20(32)28(21)15-6-8-17(9-7-15)31-11-3-10-29/h4-5,12,15,17,20,29,32H,3,6-11H2,1-2H3. The molecule has 1 aromatic carbocycles. The Balaban J connectivity index is 1.82. The lowest BCUT2D eigenvalue weighted by molar-refractivity contribution is -0.137. The molecular weight excluding hydrogens is 443 g/mol. The van der Waals surface area contributed by atoms with Crippen LogP contribution in [-0.2, 0) is 15.7 Å². The van der Waals surface area contributed by atoms with Crippen molar-refractivity contribution < 1.29 is 27.8 Å². The summed E-state index contributed by atoms with van der Waals surface area (Å²) in [5.74, 6) is -0.336. The van der Waals surface area contributed by atoms with E-state index in [-0.39, 0.29) is 30.3 Å². The van der Waals surface area contributed by atoms with Crippen molar-refractivity contribution in [1.82, 2.24) is 4.90 Å². The molecule has 1 aliphatic carbocycles. The lowest BCUT2D eigenvalue weighted by atomic mass is 9.89. The first-order valence-electron chi connectivity index (χ1n) is 10.7. The van der Waals surface area contributed by atoms with Crippen LogP contribution in [0.4, 0.5) is 18.9 Å². The Kier molecular flexibility index (Phi) is 7.44. The predicted molar refractivity (Wildman–Crippen MR) is 116 cm³/mol. The number of alkyl halides is 3. The summed E-state index contributed by atoms with van der Waals surface area (Å²) < 4.78 is 46.1. The van der Waals surface area contributed by atoms with Crippen LogP contribution in [0.5, 0.6) is 0 Å². The number of nitriles is 1. The Morgan fingerprint density at radius 2 is 1.94 bits per heavy atom. The first-order valence-corrected chi connectivity index (χ1v) is 11.2. The van der Waals surface area contributed by atoms with Crippen LogP contribution in [0, 0.1) is 11.3 Å². The van der Waals surface area contributed by atoms with E-state index in [0.717, 1.165) is 37.8 Å². The zero-order valence-corrected chi connectivity index (χ0v) is 19.0. The topological polar surface area (TPSA) is 76.8 Å². The Morgan fingerprint density at radius 3 is 2.50 bits per heavy atom. The van der Waals surface area contributed by atoms with Crippen LogP contribution >= 0.6 is 12.6 Å². The molecule has 2 aliphatic rings. The lowest BCUT2D eigenvalue weighted by Crippen LogP contribution is -2.52. The highest BCUT2D eigenvalue weighted by molar-refractivity contribution is 7.81. The van der Waals surface area contributed by atoms with Crippen molar-refractivity contribution in [1.29, 1.82) is 5.26 Å². The summed E-state index contributed by atoms with van der Waals surface area (Å²) >= 11 is 4.65. The highest BCUT2D eigenvalue weighted by Crippen LogP contribution is 2.43. The average molecular weight is 472 g/mol. The van der Waals surface area contributed by atoms with Gasteiger partial charge in [-0.05, 0) is 64.2 Å². The number of nitrogens with zero attached hydrogens (tertiary/aromatic N) is 3. The molecule has 32 heavy (non-hydrogen) atoms. The van der Waals surface area contributed by atoms with Crippen LogP contribution in [0.15, 0.2) is 18.2 Å². The summed E-state index contributed by atoms with van der Waals surface area (Å²) in [4.78, 5) is 16.5. The van der Waals surface area contributed by atoms with Crippen molar-refractivity contribution in [3.05, 3.63) is 29.3 Å². The molecule has 1 aliphatic heterocycles. The summed E-state index contributed by atoms with van der Waals surface area (Å²) in [6.07, 6.45) is -0.884. The second-order valence-electron chi connectivity index (χ2n) is 8.71. The number of aliphatic hydroxyl groups excluding tert-OH is 1. The summed E-state index contributed by atoms with van der Waals surface area (Å²) in [5.41, 5.74) is -3.17. The molecule has 1 saturated carbocycles. The van der Waals surface area contributed by atoms with Gasteiger partial charge in [-0.2, -0.15) is 18.4 Å². The van der Waals surface area contributed by atoms with Gasteiger partial charge in [0.05, 0.1) is 28.8 Å². The molecule has 6 nitrogen and oxygen atoms in total. The maximum absolute atomic E-state index is 13.5. The number of halogens is 3. The van der Waals surface area contributed by atoms with Gasteiger partial charge in [-0.25, -0.2) is 0 Å². The average Bonchev–Trinajstić information content (AvgIpc) is 2.92. The van der Waals surface area contributed by atoms with Crippen LogP contribution in [0.1, 0.15) is 57.1 Å². The third-order valence-corrected chi connectivity index (χ3v) is 6.75. The number of thiol groups is 1. The van der Waals surface area contributed by atoms with Crippen LogP contribution < -0.4 is 4.90 Å². The number of carbonyl (C=O) groups is 1. The van der Waals surface area contributed by atoms with Gasteiger partial charge in [0.25, 0.3) is 0 Å². The predicted octanol–water partition coefficient (Wildman–Crippen LogP) is 3.93. The van der Waals surface area contributed by atoms with E-state index in [9.17, 15) is 18.0 Å². The van der Waals surface area contributed by atoms with Crippen molar-refractivity contribution in [2.45, 2.75) is 75.3 Å². The Hall–Kier alpha value is -1.80. The normalized spacial score (nSPS) is 26.4. The third kappa shape index (κ3) is 4.76. The van der Waals surface area contributed by atoms with Crippen molar-refractivity contribution >= 4 is 24.2 Å². The molecule has 1 unspecified atom stereocenters. The molecule has 0 spiro atoms. The third-order valence-electron chi connectivity index (χ3n) is 6.27. The van der Waals surface area contributed by atoms with Crippen LogP contribution in [0.2, 0.25) is 0 Å². The maximum atomic E-state index is 13.5. The monoisotopic (exact) mass is 471 g/mol. The first kappa shape index (κ1) is 24.8. The number of hydrogen-bond acceptors (Lipinski definition) is 6. The maximum Gasteiger partial charge on any atom is 0.417 e. The van der Waals surface area contributed by atoms with E-state index in [1.165, 1.54) is 11.0 Å². The molecular formula is C22H28F3N3O3S. The van der Waals surface area contributed by atoms with E-state index < -0.39 is 28.3 Å². The van der Waals surface area contributed by atoms with Gasteiger partial charge in [0.15, 0.2) is 0 Å². The number of aliphatic hydroxyl groups is 1. The van der Waals surface area contributed by atoms with Crippen molar-refractivity contribution in [3.8, 4) is 6.07 Å². The molecule has 1 N–H and O–H groups in total. The van der Waals surface area contributed by atoms with Gasteiger partial charge in [0.1, 0.15) is 5.50 Å². The zero-order valence-electron chi connectivity index (χ0n) is 18.1. The molecule has 1 aromatic rings. The minimum absolute atomic E-state index is 0.0274. The van der Waals surface area contributed by atoms with E-state index in [0.29, 0.717) is 13.0 Å². The number of hydrogen-bond donors (Lipinski definition) is 2. The number of benzene rings is 1. The molecule has 10 heteroatoms. The fraction of sp³-hybridized carbons (Fsp3) is 0.636. The quantitative estimate of drug-likeness (QED) is 0.486. The largest absolute Gasteiger partial charge is 0.417 e.